The van der Waals surface area contributed by atoms with E-state index in [0.717, 1.165) is 65.0 Å². The molecule has 8 heteroatoms. The number of aromatic amines is 1. The fourth-order valence-electron chi connectivity index (χ4n) is 4.81. The molecule has 0 atom stereocenters. The quantitative estimate of drug-likeness (QED) is 0.593. The summed E-state index contributed by atoms with van der Waals surface area (Å²) in [6.45, 7) is 8.45. The van der Waals surface area contributed by atoms with Gasteiger partial charge in [-0.25, -0.2) is 0 Å². The van der Waals surface area contributed by atoms with Gasteiger partial charge in [-0.2, -0.15) is 0 Å². The molecule has 0 spiro atoms. The van der Waals surface area contributed by atoms with Crippen LogP contribution in [0.1, 0.15) is 55.3 Å². The first-order valence-corrected chi connectivity index (χ1v) is 11.9. The van der Waals surface area contributed by atoms with Crippen LogP contribution in [0.15, 0.2) is 23.1 Å². The van der Waals surface area contributed by atoms with E-state index in [-0.39, 0.29) is 22.4 Å². The number of likely N-dealkylation sites (tertiary alicyclic amines) is 1. The average Bonchev–Trinajstić information content (AvgIpc) is 3.19. The Kier molecular flexibility index (Phi) is 6.64. The molecule has 1 fully saturated rings. The predicted octanol–water partition coefficient (Wildman–Crippen LogP) is 3.94. The highest BCUT2D eigenvalue weighted by Gasteiger charge is 2.25. The average molecular weight is 470 g/mol. The van der Waals surface area contributed by atoms with E-state index in [0.29, 0.717) is 12.5 Å². The maximum absolute atomic E-state index is 12.3. The Morgan fingerprint density at radius 2 is 2.00 bits per heavy atom. The molecule has 7 nitrogen and oxygen atoms in total. The van der Waals surface area contributed by atoms with Gasteiger partial charge in [-0.1, -0.05) is 25.4 Å². The van der Waals surface area contributed by atoms with Crippen molar-refractivity contribution in [2.24, 2.45) is 7.05 Å². The second-order valence-corrected chi connectivity index (χ2v) is 9.70. The Bertz CT molecular complexity index is 1250. The second-order valence-electron chi connectivity index (χ2n) is 9.32. The molecule has 3 aromatic heterocycles. The molecule has 0 aliphatic carbocycles. The van der Waals surface area contributed by atoms with Gasteiger partial charge in [0.2, 0.25) is 5.91 Å². The molecule has 0 bridgehead atoms. The Labute approximate surface area is 199 Å². The normalized spacial score (nSPS) is 15.5. The summed E-state index contributed by atoms with van der Waals surface area (Å²) in [6.07, 6.45) is 3.82. The maximum Gasteiger partial charge on any atom is 0.269 e. The van der Waals surface area contributed by atoms with E-state index >= 15 is 0 Å². The third-order valence-electron chi connectivity index (χ3n) is 6.76. The summed E-state index contributed by atoms with van der Waals surface area (Å²) in [5.74, 6) is 0.673. The van der Waals surface area contributed by atoms with Gasteiger partial charge in [0.1, 0.15) is 5.02 Å². The van der Waals surface area contributed by atoms with Crippen LogP contribution in [0, 0.1) is 6.92 Å². The number of amides is 1. The third-order valence-corrected chi connectivity index (χ3v) is 7.21. The highest BCUT2D eigenvalue weighted by molar-refractivity contribution is 6.31. The van der Waals surface area contributed by atoms with E-state index in [1.807, 2.05) is 13.1 Å². The number of hydrogen-bond donors (Lipinski definition) is 2. The number of likely N-dealkylation sites (N-methyl/N-ethyl adjacent to an activating group) is 1. The minimum absolute atomic E-state index is 0.0585. The Morgan fingerprint density at radius 1 is 1.30 bits per heavy atom. The van der Waals surface area contributed by atoms with Crippen LogP contribution in [0.25, 0.3) is 22.3 Å². The summed E-state index contributed by atoms with van der Waals surface area (Å²) in [7, 11) is 3.40. The molecule has 3 aromatic rings. The molecule has 4 heterocycles. The monoisotopic (exact) mass is 469 g/mol. The van der Waals surface area contributed by atoms with Crippen LogP contribution in [0.5, 0.6) is 0 Å². The van der Waals surface area contributed by atoms with Crippen LogP contribution in [0.3, 0.4) is 0 Å². The van der Waals surface area contributed by atoms with E-state index in [1.54, 1.807) is 14.1 Å². The van der Waals surface area contributed by atoms with Crippen molar-refractivity contribution >= 4 is 28.5 Å². The number of rotatable bonds is 5. The van der Waals surface area contributed by atoms with E-state index < -0.39 is 0 Å². The summed E-state index contributed by atoms with van der Waals surface area (Å²) in [4.78, 5) is 34.8. The van der Waals surface area contributed by atoms with Crippen LogP contribution in [0.4, 0.5) is 0 Å². The molecular formula is C25H32ClN5O2. The fourth-order valence-corrected chi connectivity index (χ4v) is 5.04. The van der Waals surface area contributed by atoms with Crippen LogP contribution in [0.2, 0.25) is 5.02 Å². The molecule has 0 saturated carbocycles. The molecule has 4 rings (SSSR count). The zero-order valence-corrected chi connectivity index (χ0v) is 20.7. The molecule has 0 aromatic carbocycles. The SMILES string of the molecule is CNC(=O)CN1CCC(c2ccc3[nH]c(-c4cn(C)c(=O)c(Cl)c4C)c(C(C)C)c3n2)CC1. The first-order valence-electron chi connectivity index (χ1n) is 11.5. The van der Waals surface area contributed by atoms with Gasteiger partial charge < -0.3 is 14.9 Å². The zero-order chi connectivity index (χ0) is 23.9. The van der Waals surface area contributed by atoms with Gasteiger partial charge in [0.15, 0.2) is 0 Å². The lowest BCUT2D eigenvalue weighted by Crippen LogP contribution is -2.40. The predicted molar refractivity (Wildman–Crippen MR) is 133 cm³/mol. The number of pyridine rings is 2. The minimum atomic E-state index is -0.191. The molecule has 176 valence electrons. The highest BCUT2D eigenvalue weighted by atomic mass is 35.5. The van der Waals surface area contributed by atoms with Gasteiger partial charge in [-0.3, -0.25) is 19.5 Å². The van der Waals surface area contributed by atoms with Crippen molar-refractivity contribution in [2.75, 3.05) is 26.7 Å². The number of H-pyrrole nitrogens is 1. The molecule has 2 N–H and O–H groups in total. The molecule has 33 heavy (non-hydrogen) atoms. The Balaban J connectivity index is 1.71. The van der Waals surface area contributed by atoms with Gasteiger partial charge in [-0.15, -0.1) is 0 Å². The molecule has 1 amide bonds. The summed E-state index contributed by atoms with van der Waals surface area (Å²) < 4.78 is 1.53. The summed E-state index contributed by atoms with van der Waals surface area (Å²) in [5.41, 5.74) is 6.69. The topological polar surface area (TPSA) is 83.0 Å². The number of fused-ring (bicyclic) bond motifs is 1. The number of nitrogens with zero attached hydrogens (tertiary/aromatic N) is 3. The minimum Gasteiger partial charge on any atom is -0.358 e. The number of aryl methyl sites for hydroxylation is 1. The first-order chi connectivity index (χ1) is 15.7. The largest absolute Gasteiger partial charge is 0.358 e. The van der Waals surface area contributed by atoms with E-state index in [4.69, 9.17) is 16.6 Å². The van der Waals surface area contributed by atoms with E-state index in [9.17, 15) is 9.59 Å². The van der Waals surface area contributed by atoms with Crippen LogP contribution in [-0.4, -0.2) is 52.0 Å². The summed E-state index contributed by atoms with van der Waals surface area (Å²) in [5, 5.41) is 2.95. The summed E-state index contributed by atoms with van der Waals surface area (Å²) >= 11 is 6.36. The number of piperidine rings is 1. The van der Waals surface area contributed by atoms with E-state index in [2.05, 4.69) is 41.2 Å². The van der Waals surface area contributed by atoms with E-state index in [1.165, 1.54) is 4.57 Å². The molecule has 0 radical (unpaired) electrons. The Morgan fingerprint density at radius 3 is 2.64 bits per heavy atom. The smallest absolute Gasteiger partial charge is 0.269 e. The number of nitrogens with one attached hydrogen (secondary N) is 2. The molecule has 0 unspecified atom stereocenters. The standard InChI is InChI=1S/C25H32ClN5O2/c1-14(2)21-23(17-12-30(5)25(33)22(26)15(17)3)29-19-7-6-18(28-24(19)21)16-8-10-31(11-9-16)13-20(32)27-4/h6-7,12,14,16,29H,8-11,13H2,1-5H3,(H,27,32). The lowest BCUT2D eigenvalue weighted by atomic mass is 9.92. The van der Waals surface area contributed by atoms with Gasteiger partial charge >= 0.3 is 0 Å². The fraction of sp³-hybridized carbons (Fsp3) is 0.480. The van der Waals surface area contributed by atoms with Crippen molar-refractivity contribution in [3.05, 3.63) is 50.5 Å². The molecular weight excluding hydrogens is 438 g/mol. The zero-order valence-electron chi connectivity index (χ0n) is 20.0. The highest BCUT2D eigenvalue weighted by Crippen LogP contribution is 2.38. The van der Waals surface area contributed by atoms with Crippen molar-refractivity contribution in [1.29, 1.82) is 0 Å². The van der Waals surface area contributed by atoms with Gasteiger partial charge in [0.25, 0.3) is 5.56 Å². The number of aromatic nitrogens is 3. The van der Waals surface area contributed by atoms with Crippen molar-refractivity contribution in [1.82, 2.24) is 24.8 Å². The first kappa shape index (κ1) is 23.5. The van der Waals surface area contributed by atoms with Crippen LogP contribution < -0.4 is 10.9 Å². The molecule has 1 saturated heterocycles. The third kappa shape index (κ3) is 4.44. The van der Waals surface area contributed by atoms with Crippen LogP contribution in [-0.2, 0) is 11.8 Å². The van der Waals surface area contributed by atoms with Gasteiger partial charge in [-0.05, 0) is 56.5 Å². The molecule has 1 aliphatic heterocycles. The number of halogens is 1. The Hall–Kier alpha value is -2.64. The van der Waals surface area contributed by atoms with Crippen molar-refractivity contribution < 1.29 is 4.79 Å². The number of hydrogen-bond acceptors (Lipinski definition) is 4. The lowest BCUT2D eigenvalue weighted by Gasteiger charge is -2.31. The maximum atomic E-state index is 12.3. The van der Waals surface area contributed by atoms with Crippen LogP contribution >= 0.6 is 11.6 Å². The lowest BCUT2D eigenvalue weighted by molar-refractivity contribution is -0.122. The van der Waals surface area contributed by atoms with Crippen molar-refractivity contribution in [3.63, 3.8) is 0 Å². The number of carbonyl (C=O) groups is 1. The second kappa shape index (κ2) is 9.31. The van der Waals surface area contributed by atoms with Crippen molar-refractivity contribution in [2.45, 2.75) is 45.4 Å². The van der Waals surface area contributed by atoms with Gasteiger partial charge in [0, 0.05) is 43.0 Å². The van der Waals surface area contributed by atoms with Gasteiger partial charge in [0.05, 0.1) is 23.3 Å². The molecule has 1 aliphatic rings. The summed E-state index contributed by atoms with van der Waals surface area (Å²) in [6, 6.07) is 4.23. The number of carbonyl (C=O) groups excluding carboxylic acids is 1. The van der Waals surface area contributed by atoms with Crippen molar-refractivity contribution in [3.8, 4) is 11.3 Å².